The van der Waals surface area contributed by atoms with Crippen molar-refractivity contribution in [3.05, 3.63) is 29.6 Å². The van der Waals surface area contributed by atoms with Gasteiger partial charge in [-0.25, -0.2) is 8.78 Å². The zero-order valence-electron chi connectivity index (χ0n) is 11.9. The largest absolute Gasteiger partial charge is 0.432 e. The van der Waals surface area contributed by atoms with E-state index in [4.69, 9.17) is 13.9 Å². The van der Waals surface area contributed by atoms with E-state index in [1.54, 1.807) is 13.8 Å². The van der Waals surface area contributed by atoms with Gasteiger partial charge in [-0.05, 0) is 26.0 Å². The van der Waals surface area contributed by atoms with Crippen molar-refractivity contribution in [2.75, 3.05) is 13.2 Å². The lowest BCUT2D eigenvalue weighted by Crippen LogP contribution is -2.38. The van der Waals surface area contributed by atoms with Crippen molar-refractivity contribution in [3.8, 4) is 5.75 Å². The van der Waals surface area contributed by atoms with Crippen LogP contribution in [0, 0.1) is 17.5 Å². The normalized spacial score (nSPS) is 12.5. The Hall–Kier alpha value is -1.23. The topological polar surface area (TPSA) is 36.9 Å². The van der Waals surface area contributed by atoms with E-state index in [-0.39, 0.29) is 13.2 Å². The molecule has 126 valence electrons. The lowest BCUT2D eigenvalue weighted by molar-refractivity contribution is -0.251. The molecule has 10 heteroatoms. The van der Waals surface area contributed by atoms with E-state index in [1.807, 2.05) is 0 Å². The molecule has 22 heavy (non-hydrogen) atoms. The van der Waals surface area contributed by atoms with Gasteiger partial charge >= 0.3 is 15.5 Å². The molecule has 0 aliphatic heterocycles. The summed E-state index contributed by atoms with van der Waals surface area (Å²) >= 11 is 0. The molecule has 1 aromatic rings. The fourth-order valence-electron chi connectivity index (χ4n) is 1.36. The van der Waals surface area contributed by atoms with Crippen molar-refractivity contribution in [1.82, 2.24) is 0 Å². The summed E-state index contributed by atoms with van der Waals surface area (Å²) in [7, 11) is -2.72. The van der Waals surface area contributed by atoms with Gasteiger partial charge in [-0.2, -0.15) is 13.2 Å². The summed E-state index contributed by atoms with van der Waals surface area (Å²) < 4.78 is 84.8. The first-order chi connectivity index (χ1) is 10.3. The summed E-state index contributed by atoms with van der Waals surface area (Å²) in [4.78, 5) is 0. The summed E-state index contributed by atoms with van der Waals surface area (Å²) in [5.74, 6) is -6.34. The van der Waals surface area contributed by atoms with E-state index >= 15 is 0 Å². The van der Waals surface area contributed by atoms with Crippen LogP contribution in [0.3, 0.4) is 0 Å². The summed E-state index contributed by atoms with van der Waals surface area (Å²) in [6, 6.07) is 1.05. The molecule has 4 nitrogen and oxygen atoms in total. The van der Waals surface area contributed by atoms with Gasteiger partial charge in [0.2, 0.25) is 5.82 Å². The summed E-state index contributed by atoms with van der Waals surface area (Å²) in [6.07, 6.45) is 0. The van der Waals surface area contributed by atoms with Crippen LogP contribution >= 0.6 is 0 Å². The molecule has 0 heterocycles. The predicted octanol–water partition coefficient (Wildman–Crippen LogP) is 2.49. The molecule has 0 aliphatic rings. The van der Waals surface area contributed by atoms with Crippen molar-refractivity contribution in [1.29, 1.82) is 0 Å². The zero-order valence-corrected chi connectivity index (χ0v) is 13.3. The Labute approximate surface area is 126 Å². The number of benzene rings is 1. The Morgan fingerprint density at radius 1 is 1.05 bits per heavy atom. The van der Waals surface area contributed by atoms with Crippen molar-refractivity contribution >= 4 is 9.76 Å². The van der Waals surface area contributed by atoms with Crippen molar-refractivity contribution in [2.45, 2.75) is 26.1 Å². The van der Waals surface area contributed by atoms with Gasteiger partial charge in [-0.1, -0.05) is 0 Å². The molecule has 0 unspecified atom stereocenters. The predicted molar refractivity (Wildman–Crippen MR) is 68.6 cm³/mol. The number of hydrogen-bond donors (Lipinski definition) is 0. The van der Waals surface area contributed by atoms with E-state index in [2.05, 4.69) is 4.74 Å². The maximum atomic E-state index is 13.6. The van der Waals surface area contributed by atoms with Crippen LogP contribution in [0.4, 0.5) is 22.0 Å². The van der Waals surface area contributed by atoms with Crippen LogP contribution in [0.25, 0.3) is 0 Å². The van der Waals surface area contributed by atoms with Crippen LogP contribution in [0.15, 0.2) is 12.1 Å². The second-order valence-electron chi connectivity index (χ2n) is 3.92. The molecule has 0 fully saturated rings. The molecular weight excluding hydrogens is 331 g/mol. The average Bonchev–Trinajstić information content (AvgIpc) is 2.46. The van der Waals surface area contributed by atoms with E-state index in [0.29, 0.717) is 12.1 Å². The lowest BCUT2D eigenvalue weighted by Gasteiger charge is -2.22. The minimum absolute atomic E-state index is 0.170. The average molecular weight is 346 g/mol. The van der Waals surface area contributed by atoms with Crippen LogP contribution in [0.5, 0.6) is 5.75 Å². The SMILES string of the molecule is CCOC(OCC)O[SiH2]C(F)(F)Oc1ccc(F)c(F)c1F. The summed E-state index contributed by atoms with van der Waals surface area (Å²) in [6.45, 7) is 2.28. The number of hydrogen-bond acceptors (Lipinski definition) is 4. The van der Waals surface area contributed by atoms with Gasteiger partial charge in [0.05, 0.1) is 0 Å². The third kappa shape index (κ3) is 5.52. The van der Waals surface area contributed by atoms with Crippen LogP contribution in [-0.4, -0.2) is 35.2 Å². The van der Waals surface area contributed by atoms with E-state index in [9.17, 15) is 22.0 Å². The van der Waals surface area contributed by atoms with Crippen LogP contribution in [-0.2, 0) is 13.9 Å². The number of alkyl halides is 2. The number of ether oxygens (including phenoxy) is 3. The van der Waals surface area contributed by atoms with Gasteiger partial charge in [-0.15, -0.1) is 0 Å². The molecule has 0 saturated carbocycles. The number of halogens is 5. The first-order valence-electron chi connectivity index (χ1n) is 6.35. The van der Waals surface area contributed by atoms with Crippen LogP contribution < -0.4 is 4.74 Å². The molecule has 1 aromatic carbocycles. The second-order valence-corrected chi connectivity index (χ2v) is 5.37. The van der Waals surface area contributed by atoms with Crippen molar-refractivity contribution in [2.24, 2.45) is 0 Å². The van der Waals surface area contributed by atoms with Gasteiger partial charge in [0.25, 0.3) is 6.48 Å². The Bertz CT molecular complexity index is 483. The molecule has 1 rings (SSSR count). The lowest BCUT2D eigenvalue weighted by atomic mass is 10.3. The molecule has 0 aromatic heterocycles. The summed E-state index contributed by atoms with van der Waals surface area (Å²) in [5, 5.41) is 0. The molecule has 0 amide bonds. The molecular formula is C12H15F5O4Si. The van der Waals surface area contributed by atoms with Gasteiger partial charge in [0.15, 0.2) is 17.4 Å². The first-order valence-corrected chi connectivity index (χ1v) is 7.64. The summed E-state index contributed by atoms with van der Waals surface area (Å²) in [5.41, 5.74) is -3.86. The monoisotopic (exact) mass is 346 g/mol. The second kappa shape index (κ2) is 8.41. The van der Waals surface area contributed by atoms with Gasteiger partial charge < -0.3 is 18.6 Å². The van der Waals surface area contributed by atoms with E-state index in [0.717, 1.165) is 0 Å². The maximum Gasteiger partial charge on any atom is 0.389 e. The van der Waals surface area contributed by atoms with E-state index < -0.39 is 45.2 Å². The minimum atomic E-state index is -3.86. The smallest absolute Gasteiger partial charge is 0.389 e. The molecule has 0 saturated heterocycles. The molecule has 0 atom stereocenters. The number of rotatable bonds is 9. The Morgan fingerprint density at radius 2 is 1.64 bits per heavy atom. The first kappa shape index (κ1) is 18.8. The highest BCUT2D eigenvalue weighted by Crippen LogP contribution is 2.27. The third-order valence-electron chi connectivity index (χ3n) is 2.25. The van der Waals surface area contributed by atoms with Gasteiger partial charge in [-0.3, -0.25) is 0 Å². The maximum absolute atomic E-state index is 13.6. The zero-order chi connectivity index (χ0) is 16.8. The standard InChI is InChI=1S/C12H15F5O4Si/c1-3-18-11(19-4-2)21-22-12(16,17)20-8-6-5-7(13)9(14)10(8)15/h5-6,11H,3-4,22H2,1-2H3. The highest BCUT2D eigenvalue weighted by Gasteiger charge is 2.36. The van der Waals surface area contributed by atoms with Gasteiger partial charge in [0.1, 0.15) is 0 Å². The molecule has 0 bridgehead atoms. The molecule has 0 spiro atoms. The fraction of sp³-hybridized carbons (Fsp3) is 0.500. The van der Waals surface area contributed by atoms with Crippen molar-refractivity contribution in [3.63, 3.8) is 0 Å². The molecule has 0 aliphatic carbocycles. The highest BCUT2D eigenvalue weighted by atomic mass is 28.2. The third-order valence-corrected chi connectivity index (χ3v) is 3.17. The van der Waals surface area contributed by atoms with Gasteiger partial charge in [0, 0.05) is 13.2 Å². The Kier molecular flexibility index (Phi) is 7.19. The fourth-order valence-corrected chi connectivity index (χ4v) is 2.10. The molecule has 0 N–H and O–H groups in total. The Balaban J connectivity index is 2.68. The minimum Gasteiger partial charge on any atom is -0.432 e. The Morgan fingerprint density at radius 3 is 2.18 bits per heavy atom. The van der Waals surface area contributed by atoms with Crippen LogP contribution in [0.2, 0.25) is 0 Å². The quantitative estimate of drug-likeness (QED) is 0.298. The van der Waals surface area contributed by atoms with Crippen molar-refractivity contribution < 1.29 is 40.6 Å². The highest BCUT2D eigenvalue weighted by molar-refractivity contribution is 6.30. The molecule has 0 radical (unpaired) electrons. The van der Waals surface area contributed by atoms with E-state index in [1.165, 1.54) is 0 Å². The van der Waals surface area contributed by atoms with Crippen LogP contribution in [0.1, 0.15) is 13.8 Å².